The van der Waals surface area contributed by atoms with Gasteiger partial charge >= 0.3 is 6.09 Å². The van der Waals surface area contributed by atoms with Crippen LogP contribution in [-0.4, -0.2) is 32.7 Å². The van der Waals surface area contributed by atoms with E-state index in [1.807, 2.05) is 30.3 Å². The van der Waals surface area contributed by atoms with Crippen LogP contribution in [-0.2, 0) is 25.9 Å². The second-order valence-corrected chi connectivity index (χ2v) is 10.2. The number of sulfone groups is 1. The lowest BCUT2D eigenvalue weighted by molar-refractivity contribution is -0.119. The van der Waals surface area contributed by atoms with E-state index in [-0.39, 0.29) is 6.54 Å². The van der Waals surface area contributed by atoms with E-state index >= 15 is 0 Å². The molecule has 1 amide bonds. The van der Waals surface area contributed by atoms with Gasteiger partial charge in [0.25, 0.3) is 0 Å². The highest BCUT2D eigenvalue weighted by Crippen LogP contribution is 2.32. The number of nitrogens with one attached hydrogen (secondary N) is 1. The first kappa shape index (κ1) is 24.8. The summed E-state index contributed by atoms with van der Waals surface area (Å²) in [6.45, 7) is -0.435. The third kappa shape index (κ3) is 7.32. The van der Waals surface area contributed by atoms with Gasteiger partial charge in [-0.2, -0.15) is 0 Å². The van der Waals surface area contributed by atoms with Gasteiger partial charge in [0.05, 0.1) is 0 Å². The number of carbonyl (C=O) groups excluding carboxylic acids is 2. The predicted molar refractivity (Wildman–Crippen MR) is 128 cm³/mol. The number of carbonyl (C=O) groups is 2. The van der Waals surface area contributed by atoms with Crippen molar-refractivity contribution >= 4 is 44.9 Å². The molecule has 6 nitrogen and oxygen atoms in total. The highest BCUT2D eigenvalue weighted by Gasteiger charge is 2.31. The average molecular weight is 506 g/mol. The number of amides is 1. The lowest BCUT2D eigenvalue weighted by Gasteiger charge is -2.19. The Morgan fingerprint density at radius 1 is 0.818 bits per heavy atom. The van der Waals surface area contributed by atoms with Gasteiger partial charge < -0.3 is 10.1 Å². The highest BCUT2D eigenvalue weighted by atomic mass is 35.5. The minimum Gasteiger partial charge on any atom is -0.442 e. The fourth-order valence-corrected chi connectivity index (χ4v) is 5.29. The Morgan fingerprint density at radius 2 is 1.33 bits per heavy atom. The summed E-state index contributed by atoms with van der Waals surface area (Å²) in [7, 11) is -4.00. The summed E-state index contributed by atoms with van der Waals surface area (Å²) in [5.74, 6) is -1.53. The molecular formula is C24H21Cl2NO5S. The molecule has 0 aliphatic carbocycles. The van der Waals surface area contributed by atoms with Crippen LogP contribution in [0.1, 0.15) is 21.9 Å². The molecule has 0 aliphatic rings. The second-order valence-electron chi connectivity index (χ2n) is 7.24. The van der Waals surface area contributed by atoms with E-state index in [2.05, 4.69) is 5.32 Å². The van der Waals surface area contributed by atoms with Crippen LogP contribution in [0, 0.1) is 0 Å². The van der Waals surface area contributed by atoms with Crippen molar-refractivity contribution in [3.63, 3.8) is 0 Å². The third-order valence-corrected chi connectivity index (χ3v) is 7.20. The van der Waals surface area contributed by atoms with Gasteiger partial charge in [0.15, 0.2) is 22.2 Å². The van der Waals surface area contributed by atoms with Gasteiger partial charge in [0, 0.05) is 16.6 Å². The Balaban J connectivity index is 1.67. The second kappa shape index (κ2) is 11.3. The van der Waals surface area contributed by atoms with Crippen molar-refractivity contribution in [1.82, 2.24) is 5.32 Å². The molecule has 3 rings (SSSR count). The number of benzene rings is 3. The minimum absolute atomic E-state index is 0.224. The molecule has 0 atom stereocenters. The van der Waals surface area contributed by atoms with Gasteiger partial charge in [-0.1, -0.05) is 77.8 Å². The highest BCUT2D eigenvalue weighted by molar-refractivity contribution is 7.92. The standard InChI is InChI=1S/C24H21Cl2NO5S/c25-20-10-6-18(7-11-20)23(19-8-12-21(26)13-9-19)33(30,31)16-22(28)15-32-24(29)27-14-17-4-2-1-3-5-17/h1-13,23H,14-16H2,(H,27,29). The number of hydrogen-bond acceptors (Lipinski definition) is 5. The normalized spacial score (nSPS) is 11.2. The van der Waals surface area contributed by atoms with Crippen LogP contribution >= 0.6 is 23.2 Å². The number of halogens is 2. The molecule has 0 aliphatic heterocycles. The van der Waals surface area contributed by atoms with Gasteiger partial charge in [0.2, 0.25) is 0 Å². The summed E-state index contributed by atoms with van der Waals surface area (Å²) in [5.41, 5.74) is 1.77. The predicted octanol–water partition coefficient (Wildman–Crippen LogP) is 4.99. The van der Waals surface area contributed by atoms with Crippen molar-refractivity contribution in [2.24, 2.45) is 0 Å². The number of Topliss-reactive ketones (excluding diaryl/α,β-unsaturated/α-hetero) is 1. The maximum atomic E-state index is 13.2. The lowest BCUT2D eigenvalue weighted by Crippen LogP contribution is -2.30. The number of hydrogen-bond donors (Lipinski definition) is 1. The molecule has 0 radical (unpaired) electrons. The molecule has 0 fully saturated rings. The van der Waals surface area contributed by atoms with Crippen molar-refractivity contribution < 1.29 is 22.7 Å². The van der Waals surface area contributed by atoms with Crippen LogP contribution in [0.3, 0.4) is 0 Å². The van der Waals surface area contributed by atoms with Crippen molar-refractivity contribution in [3.8, 4) is 0 Å². The Bertz CT molecular complexity index is 1150. The monoisotopic (exact) mass is 505 g/mol. The fourth-order valence-electron chi connectivity index (χ4n) is 3.20. The summed E-state index contributed by atoms with van der Waals surface area (Å²) in [4.78, 5) is 24.3. The van der Waals surface area contributed by atoms with Gasteiger partial charge in [0.1, 0.15) is 11.0 Å². The first-order valence-corrected chi connectivity index (χ1v) is 12.4. The minimum atomic E-state index is -4.00. The maximum absolute atomic E-state index is 13.2. The van der Waals surface area contributed by atoms with E-state index in [9.17, 15) is 18.0 Å². The summed E-state index contributed by atoms with van der Waals surface area (Å²) >= 11 is 11.9. The first-order valence-electron chi connectivity index (χ1n) is 9.93. The van der Waals surface area contributed by atoms with Crippen molar-refractivity contribution in [2.75, 3.05) is 12.4 Å². The van der Waals surface area contributed by atoms with Crippen LogP contribution < -0.4 is 5.32 Å². The Morgan fingerprint density at radius 3 is 1.85 bits per heavy atom. The zero-order valence-corrected chi connectivity index (χ0v) is 19.7. The van der Waals surface area contributed by atoms with Gasteiger partial charge in [-0.25, -0.2) is 13.2 Å². The molecule has 0 aromatic heterocycles. The van der Waals surface area contributed by atoms with Crippen LogP contribution in [0.15, 0.2) is 78.9 Å². The van der Waals surface area contributed by atoms with E-state index in [0.717, 1.165) is 5.56 Å². The quantitative estimate of drug-likeness (QED) is 0.442. The summed E-state index contributed by atoms with van der Waals surface area (Å²) in [6.07, 6.45) is -0.809. The van der Waals surface area contributed by atoms with Gasteiger partial charge in [-0.15, -0.1) is 0 Å². The molecule has 172 valence electrons. The molecule has 0 saturated heterocycles. The SMILES string of the molecule is O=C(COC(=O)NCc1ccccc1)CS(=O)(=O)C(c1ccc(Cl)cc1)c1ccc(Cl)cc1. The van der Waals surface area contributed by atoms with E-state index in [1.165, 1.54) is 0 Å². The summed E-state index contributed by atoms with van der Waals surface area (Å²) in [6, 6.07) is 21.9. The lowest BCUT2D eigenvalue weighted by atomic mass is 10.0. The smallest absolute Gasteiger partial charge is 0.407 e. The van der Waals surface area contributed by atoms with E-state index in [4.69, 9.17) is 27.9 Å². The largest absolute Gasteiger partial charge is 0.442 e. The number of rotatable bonds is 9. The van der Waals surface area contributed by atoms with Crippen LogP contribution in [0.4, 0.5) is 4.79 Å². The zero-order chi connectivity index (χ0) is 23.8. The zero-order valence-electron chi connectivity index (χ0n) is 17.4. The van der Waals surface area contributed by atoms with Crippen molar-refractivity contribution in [2.45, 2.75) is 11.8 Å². The van der Waals surface area contributed by atoms with Gasteiger partial charge in [-0.3, -0.25) is 4.79 Å². The first-order chi connectivity index (χ1) is 15.7. The Kier molecular flexibility index (Phi) is 8.49. The molecule has 33 heavy (non-hydrogen) atoms. The van der Waals surface area contributed by atoms with Crippen LogP contribution in [0.2, 0.25) is 10.0 Å². The fraction of sp³-hybridized carbons (Fsp3) is 0.167. The van der Waals surface area contributed by atoms with Crippen molar-refractivity contribution in [1.29, 1.82) is 0 Å². The Hall–Kier alpha value is -2.87. The van der Waals surface area contributed by atoms with E-state index < -0.39 is 39.3 Å². The molecule has 3 aromatic carbocycles. The number of ketones is 1. The van der Waals surface area contributed by atoms with E-state index in [0.29, 0.717) is 21.2 Å². The molecule has 0 spiro atoms. The molecule has 1 N–H and O–H groups in total. The topological polar surface area (TPSA) is 89.5 Å². The van der Waals surface area contributed by atoms with Crippen LogP contribution in [0.5, 0.6) is 0 Å². The van der Waals surface area contributed by atoms with Crippen molar-refractivity contribution in [3.05, 3.63) is 106 Å². The van der Waals surface area contributed by atoms with Gasteiger partial charge in [-0.05, 0) is 41.0 Å². The summed E-state index contributed by atoms with van der Waals surface area (Å²) < 4.78 is 31.3. The maximum Gasteiger partial charge on any atom is 0.407 e. The molecular weight excluding hydrogens is 485 g/mol. The van der Waals surface area contributed by atoms with E-state index in [1.54, 1.807) is 48.5 Å². The molecule has 0 heterocycles. The molecule has 3 aromatic rings. The summed E-state index contributed by atoms with van der Waals surface area (Å²) in [5, 5.41) is 2.32. The number of alkyl carbamates (subject to hydrolysis) is 1. The van der Waals surface area contributed by atoms with Crippen LogP contribution in [0.25, 0.3) is 0 Å². The molecule has 0 bridgehead atoms. The Labute approximate surface area is 202 Å². The third-order valence-electron chi connectivity index (χ3n) is 4.71. The molecule has 0 unspecified atom stereocenters. The molecule has 0 saturated carbocycles. The number of ether oxygens (including phenoxy) is 1. The average Bonchev–Trinajstić information content (AvgIpc) is 2.79. The molecule has 9 heteroatoms.